The highest BCUT2D eigenvalue weighted by atomic mass is 16.7. The van der Waals surface area contributed by atoms with Crippen molar-refractivity contribution in [3.63, 3.8) is 0 Å². The van der Waals surface area contributed by atoms with Gasteiger partial charge in [0.2, 0.25) is 0 Å². The zero-order valence-electron chi connectivity index (χ0n) is 14.3. The lowest BCUT2D eigenvalue weighted by molar-refractivity contribution is -0.210. The average molecular weight is 309 g/mol. The molecule has 0 bridgehead atoms. The molecular weight excluding hydrogens is 278 g/mol. The first kappa shape index (κ1) is 16.4. The molecule has 0 amide bonds. The van der Waals surface area contributed by atoms with Crippen molar-refractivity contribution in [2.75, 3.05) is 26.4 Å². The van der Waals surface area contributed by atoms with Crippen LogP contribution in [0.25, 0.3) is 0 Å². The van der Waals surface area contributed by atoms with Crippen molar-refractivity contribution in [3.8, 4) is 0 Å². The van der Waals surface area contributed by atoms with E-state index in [-0.39, 0.29) is 11.9 Å². The first-order valence-electron chi connectivity index (χ1n) is 8.87. The fourth-order valence-corrected chi connectivity index (χ4v) is 3.98. The predicted molar refractivity (Wildman–Crippen MR) is 86.8 cm³/mol. The van der Waals surface area contributed by atoms with E-state index in [0.717, 1.165) is 38.5 Å². The summed E-state index contributed by atoms with van der Waals surface area (Å²) in [7, 11) is 0. The summed E-state index contributed by atoms with van der Waals surface area (Å²) in [5.74, 6) is 0.451. The Hall–Kier alpha value is -0.420. The normalized spacial score (nSPS) is 35.0. The number of nitrogens with one attached hydrogen (secondary N) is 1. The van der Waals surface area contributed by atoms with Gasteiger partial charge in [-0.2, -0.15) is 0 Å². The van der Waals surface area contributed by atoms with Crippen molar-refractivity contribution in [2.45, 2.75) is 70.8 Å². The van der Waals surface area contributed by atoms with Crippen LogP contribution >= 0.6 is 0 Å². The van der Waals surface area contributed by atoms with Crippen molar-refractivity contribution >= 4 is 0 Å². The third-order valence-corrected chi connectivity index (χ3v) is 5.37. The van der Waals surface area contributed by atoms with Crippen LogP contribution in [-0.2, 0) is 14.2 Å². The van der Waals surface area contributed by atoms with E-state index in [4.69, 9.17) is 14.2 Å². The Morgan fingerprint density at radius 1 is 1.27 bits per heavy atom. The molecule has 4 nitrogen and oxygen atoms in total. The molecule has 1 saturated carbocycles. The molecule has 1 N–H and O–H groups in total. The van der Waals surface area contributed by atoms with Gasteiger partial charge < -0.3 is 19.5 Å². The lowest BCUT2D eigenvalue weighted by Crippen LogP contribution is -2.42. The van der Waals surface area contributed by atoms with Crippen LogP contribution in [0.15, 0.2) is 11.1 Å². The van der Waals surface area contributed by atoms with Gasteiger partial charge in [-0.05, 0) is 39.0 Å². The molecule has 0 aromatic rings. The molecule has 0 aromatic heterocycles. The van der Waals surface area contributed by atoms with Crippen LogP contribution in [0, 0.1) is 5.92 Å². The number of allylic oxidation sites excluding steroid dienone is 1. The molecule has 1 aliphatic carbocycles. The van der Waals surface area contributed by atoms with Crippen LogP contribution in [-0.4, -0.2) is 44.3 Å². The Morgan fingerprint density at radius 2 is 2.05 bits per heavy atom. The second-order valence-corrected chi connectivity index (χ2v) is 7.44. The second kappa shape index (κ2) is 7.00. The molecule has 0 aromatic carbocycles. The fourth-order valence-electron chi connectivity index (χ4n) is 3.98. The van der Waals surface area contributed by atoms with E-state index in [0.29, 0.717) is 12.6 Å². The maximum Gasteiger partial charge on any atom is 0.173 e. The molecule has 0 radical (unpaired) electrons. The van der Waals surface area contributed by atoms with Crippen molar-refractivity contribution in [1.82, 2.24) is 5.32 Å². The van der Waals surface area contributed by atoms with E-state index in [2.05, 4.69) is 26.1 Å². The fraction of sp³-hybridized carbons (Fsp3) is 0.889. The summed E-state index contributed by atoms with van der Waals surface area (Å²) >= 11 is 0. The molecule has 2 unspecified atom stereocenters. The zero-order chi connectivity index (χ0) is 15.6. The van der Waals surface area contributed by atoms with Crippen LogP contribution in [0.2, 0.25) is 0 Å². The Balaban J connectivity index is 1.52. The lowest BCUT2D eigenvalue weighted by Gasteiger charge is -2.33. The van der Waals surface area contributed by atoms with E-state index in [9.17, 15) is 0 Å². The predicted octanol–water partition coefficient (Wildman–Crippen LogP) is 3.02. The van der Waals surface area contributed by atoms with Crippen LogP contribution in [0.1, 0.15) is 52.9 Å². The lowest BCUT2D eigenvalue weighted by atomic mass is 9.81. The molecule has 4 heteroatoms. The molecule has 3 atom stereocenters. The number of rotatable bonds is 3. The second-order valence-electron chi connectivity index (χ2n) is 7.44. The molecule has 2 saturated heterocycles. The summed E-state index contributed by atoms with van der Waals surface area (Å²) in [5, 5.41) is 3.75. The molecule has 1 spiro atoms. The maximum atomic E-state index is 6.22. The summed E-state index contributed by atoms with van der Waals surface area (Å²) in [5.41, 5.74) is 3.09. The van der Waals surface area contributed by atoms with Crippen molar-refractivity contribution in [3.05, 3.63) is 11.1 Å². The van der Waals surface area contributed by atoms with Gasteiger partial charge in [-0.1, -0.05) is 18.1 Å². The number of ether oxygens (including phenoxy) is 3. The Kier molecular flexibility index (Phi) is 5.23. The van der Waals surface area contributed by atoms with Crippen LogP contribution < -0.4 is 5.32 Å². The van der Waals surface area contributed by atoms with Gasteiger partial charge in [-0.15, -0.1) is 0 Å². The SMILES string of the molecule is CC(C)=C1CC[C@@H](C)CC1NCC1COC2(CCOCC2)O1. The van der Waals surface area contributed by atoms with Gasteiger partial charge in [-0.25, -0.2) is 0 Å². The van der Waals surface area contributed by atoms with Crippen LogP contribution in [0.5, 0.6) is 0 Å². The Morgan fingerprint density at radius 3 is 2.77 bits per heavy atom. The smallest absolute Gasteiger partial charge is 0.173 e. The standard InChI is InChI=1S/C18H31NO3/c1-13(2)16-5-4-14(3)10-17(16)19-11-15-12-21-18(22-15)6-8-20-9-7-18/h14-15,17,19H,4-12H2,1-3H3/t14-,15?,17?/m1/s1. The molecule has 3 rings (SSSR count). The highest BCUT2D eigenvalue weighted by Crippen LogP contribution is 2.34. The maximum absolute atomic E-state index is 6.22. The minimum Gasteiger partial charge on any atom is -0.381 e. The van der Waals surface area contributed by atoms with Crippen molar-refractivity contribution in [2.24, 2.45) is 5.92 Å². The minimum atomic E-state index is -0.357. The van der Waals surface area contributed by atoms with E-state index in [1.807, 2.05) is 0 Å². The van der Waals surface area contributed by atoms with Gasteiger partial charge in [0.05, 0.1) is 25.9 Å². The molecule has 3 aliphatic rings. The van der Waals surface area contributed by atoms with Gasteiger partial charge in [0.1, 0.15) is 0 Å². The van der Waals surface area contributed by atoms with Crippen LogP contribution in [0.4, 0.5) is 0 Å². The Bertz CT molecular complexity index is 411. The molecule has 2 aliphatic heterocycles. The minimum absolute atomic E-state index is 0.175. The third kappa shape index (κ3) is 3.73. The quantitative estimate of drug-likeness (QED) is 0.814. The summed E-state index contributed by atoms with van der Waals surface area (Å²) < 4.78 is 17.6. The molecule has 3 fully saturated rings. The molecule has 2 heterocycles. The van der Waals surface area contributed by atoms with E-state index in [1.165, 1.54) is 24.8 Å². The molecule has 22 heavy (non-hydrogen) atoms. The van der Waals surface area contributed by atoms with E-state index < -0.39 is 0 Å². The summed E-state index contributed by atoms with van der Waals surface area (Å²) in [4.78, 5) is 0. The molecular formula is C18H31NO3. The Labute approximate surface area is 134 Å². The first-order chi connectivity index (χ1) is 10.6. The van der Waals surface area contributed by atoms with Gasteiger partial charge in [0.25, 0.3) is 0 Å². The van der Waals surface area contributed by atoms with E-state index in [1.54, 1.807) is 5.57 Å². The third-order valence-electron chi connectivity index (χ3n) is 5.37. The topological polar surface area (TPSA) is 39.7 Å². The van der Waals surface area contributed by atoms with Gasteiger partial charge in [-0.3, -0.25) is 0 Å². The zero-order valence-corrected chi connectivity index (χ0v) is 14.3. The summed E-state index contributed by atoms with van der Waals surface area (Å²) in [6, 6.07) is 0.517. The van der Waals surface area contributed by atoms with E-state index >= 15 is 0 Å². The monoisotopic (exact) mass is 309 g/mol. The van der Waals surface area contributed by atoms with Crippen molar-refractivity contribution < 1.29 is 14.2 Å². The van der Waals surface area contributed by atoms with Crippen LogP contribution in [0.3, 0.4) is 0 Å². The average Bonchev–Trinajstić information content (AvgIpc) is 2.88. The van der Waals surface area contributed by atoms with Gasteiger partial charge in [0.15, 0.2) is 5.79 Å². The first-order valence-corrected chi connectivity index (χ1v) is 8.87. The highest BCUT2D eigenvalue weighted by Gasteiger charge is 2.42. The number of hydrogen-bond acceptors (Lipinski definition) is 4. The largest absolute Gasteiger partial charge is 0.381 e. The van der Waals surface area contributed by atoms with Crippen molar-refractivity contribution in [1.29, 1.82) is 0 Å². The summed E-state index contributed by atoms with van der Waals surface area (Å²) in [6.45, 7) is 9.95. The summed E-state index contributed by atoms with van der Waals surface area (Å²) in [6.07, 6.45) is 5.71. The number of hydrogen-bond donors (Lipinski definition) is 1. The molecule has 126 valence electrons. The highest BCUT2D eigenvalue weighted by molar-refractivity contribution is 5.19. The van der Waals surface area contributed by atoms with Gasteiger partial charge in [0, 0.05) is 25.4 Å². The van der Waals surface area contributed by atoms with Gasteiger partial charge >= 0.3 is 0 Å².